The lowest BCUT2D eigenvalue weighted by atomic mass is 10.1. The standard InChI is InChI=1S/C13H21N3O2S/c1-4-14-7-12-9(2)15-13(16-10(12)3)11-5-6-19(17,18)8-11/h11,14H,4-8H2,1-3H3. The van der Waals surface area contributed by atoms with Crippen molar-refractivity contribution in [2.75, 3.05) is 18.1 Å². The van der Waals surface area contributed by atoms with Crippen molar-refractivity contribution in [1.29, 1.82) is 0 Å². The average Bonchev–Trinajstić information content (AvgIpc) is 2.68. The molecule has 106 valence electrons. The van der Waals surface area contributed by atoms with Crippen LogP contribution in [0.4, 0.5) is 0 Å². The van der Waals surface area contributed by atoms with Crippen molar-refractivity contribution < 1.29 is 8.42 Å². The van der Waals surface area contributed by atoms with E-state index in [1.165, 1.54) is 0 Å². The highest BCUT2D eigenvalue weighted by Crippen LogP contribution is 2.27. The van der Waals surface area contributed by atoms with Gasteiger partial charge in [0.25, 0.3) is 0 Å². The predicted octanol–water partition coefficient (Wildman–Crippen LogP) is 1.11. The van der Waals surface area contributed by atoms with E-state index in [2.05, 4.69) is 22.2 Å². The number of aromatic nitrogens is 2. The monoisotopic (exact) mass is 283 g/mol. The Bertz CT molecular complexity index is 546. The van der Waals surface area contributed by atoms with Gasteiger partial charge >= 0.3 is 0 Å². The number of rotatable bonds is 4. The highest BCUT2D eigenvalue weighted by Gasteiger charge is 2.31. The zero-order chi connectivity index (χ0) is 14.0. The lowest BCUT2D eigenvalue weighted by Gasteiger charge is -2.13. The van der Waals surface area contributed by atoms with Gasteiger partial charge in [0, 0.05) is 29.4 Å². The van der Waals surface area contributed by atoms with Gasteiger partial charge in [-0.1, -0.05) is 6.92 Å². The van der Waals surface area contributed by atoms with Gasteiger partial charge in [-0.2, -0.15) is 0 Å². The van der Waals surface area contributed by atoms with Crippen LogP contribution in [0.15, 0.2) is 0 Å². The van der Waals surface area contributed by atoms with E-state index in [4.69, 9.17) is 0 Å². The van der Waals surface area contributed by atoms with Crippen LogP contribution in [0.3, 0.4) is 0 Å². The number of hydrogen-bond acceptors (Lipinski definition) is 5. The number of nitrogens with one attached hydrogen (secondary N) is 1. The summed E-state index contributed by atoms with van der Waals surface area (Å²) >= 11 is 0. The summed E-state index contributed by atoms with van der Waals surface area (Å²) in [5.41, 5.74) is 3.02. The Morgan fingerprint density at radius 1 is 1.26 bits per heavy atom. The molecule has 2 rings (SSSR count). The molecular formula is C13H21N3O2S. The molecule has 0 amide bonds. The van der Waals surface area contributed by atoms with Crippen molar-refractivity contribution in [3.63, 3.8) is 0 Å². The van der Waals surface area contributed by atoms with Crippen LogP contribution < -0.4 is 5.32 Å². The topological polar surface area (TPSA) is 72.0 Å². The zero-order valence-corrected chi connectivity index (χ0v) is 12.5. The summed E-state index contributed by atoms with van der Waals surface area (Å²) in [6.07, 6.45) is 0.647. The third kappa shape index (κ3) is 3.30. The van der Waals surface area contributed by atoms with Crippen molar-refractivity contribution in [3.05, 3.63) is 22.8 Å². The minimum atomic E-state index is -2.89. The molecule has 19 heavy (non-hydrogen) atoms. The summed E-state index contributed by atoms with van der Waals surface area (Å²) in [5, 5.41) is 3.27. The Morgan fingerprint density at radius 2 is 1.89 bits per heavy atom. The number of hydrogen-bond donors (Lipinski definition) is 1. The Hall–Kier alpha value is -1.01. The van der Waals surface area contributed by atoms with E-state index in [0.29, 0.717) is 12.2 Å². The van der Waals surface area contributed by atoms with Gasteiger partial charge in [0.05, 0.1) is 11.5 Å². The van der Waals surface area contributed by atoms with Crippen LogP contribution in [0, 0.1) is 13.8 Å². The maximum atomic E-state index is 11.5. The molecule has 1 unspecified atom stereocenters. The second-order valence-corrected chi connectivity index (χ2v) is 7.34. The highest BCUT2D eigenvalue weighted by molar-refractivity contribution is 7.91. The van der Waals surface area contributed by atoms with Gasteiger partial charge < -0.3 is 5.32 Å². The van der Waals surface area contributed by atoms with Gasteiger partial charge in [0.2, 0.25) is 0 Å². The first-order valence-electron chi connectivity index (χ1n) is 6.68. The largest absolute Gasteiger partial charge is 0.313 e. The van der Waals surface area contributed by atoms with Crippen molar-refractivity contribution in [2.24, 2.45) is 0 Å². The minimum absolute atomic E-state index is 0.0319. The molecular weight excluding hydrogens is 262 g/mol. The fraction of sp³-hybridized carbons (Fsp3) is 0.692. The van der Waals surface area contributed by atoms with Crippen LogP contribution in [-0.4, -0.2) is 36.4 Å². The van der Waals surface area contributed by atoms with E-state index in [-0.39, 0.29) is 17.4 Å². The summed E-state index contributed by atoms with van der Waals surface area (Å²) in [4.78, 5) is 9.04. The molecule has 1 fully saturated rings. The Labute approximate surface area is 114 Å². The summed E-state index contributed by atoms with van der Waals surface area (Å²) < 4.78 is 23.1. The Balaban J connectivity index is 2.25. The second kappa shape index (κ2) is 5.54. The third-order valence-electron chi connectivity index (χ3n) is 3.59. The maximum Gasteiger partial charge on any atom is 0.151 e. The van der Waals surface area contributed by atoms with Crippen molar-refractivity contribution in [2.45, 2.75) is 39.7 Å². The van der Waals surface area contributed by atoms with Crippen LogP contribution >= 0.6 is 0 Å². The zero-order valence-electron chi connectivity index (χ0n) is 11.7. The van der Waals surface area contributed by atoms with Crippen LogP contribution in [-0.2, 0) is 16.4 Å². The summed E-state index contributed by atoms with van der Waals surface area (Å²) in [7, 11) is -2.89. The third-order valence-corrected chi connectivity index (χ3v) is 5.36. The SMILES string of the molecule is CCNCc1c(C)nc(C2CCS(=O)(=O)C2)nc1C. The molecule has 0 spiro atoms. The first-order chi connectivity index (χ1) is 8.93. The molecule has 1 aliphatic heterocycles. The minimum Gasteiger partial charge on any atom is -0.313 e. The molecule has 1 saturated heterocycles. The molecule has 6 heteroatoms. The molecule has 1 aliphatic rings. The molecule has 0 saturated carbocycles. The van der Waals surface area contributed by atoms with Crippen LogP contribution in [0.1, 0.15) is 42.0 Å². The fourth-order valence-corrected chi connectivity index (χ4v) is 4.19. The molecule has 1 N–H and O–H groups in total. The van der Waals surface area contributed by atoms with Crippen molar-refractivity contribution in [3.8, 4) is 0 Å². The molecule has 0 aliphatic carbocycles. The number of aryl methyl sites for hydroxylation is 2. The molecule has 1 aromatic rings. The van der Waals surface area contributed by atoms with E-state index in [1.54, 1.807) is 0 Å². The smallest absolute Gasteiger partial charge is 0.151 e. The first-order valence-corrected chi connectivity index (χ1v) is 8.50. The molecule has 2 heterocycles. The van der Waals surface area contributed by atoms with Crippen LogP contribution in [0.5, 0.6) is 0 Å². The van der Waals surface area contributed by atoms with E-state index >= 15 is 0 Å². The second-order valence-electron chi connectivity index (χ2n) is 5.11. The Morgan fingerprint density at radius 3 is 2.37 bits per heavy atom. The van der Waals surface area contributed by atoms with Gasteiger partial charge in [-0.05, 0) is 26.8 Å². The highest BCUT2D eigenvalue weighted by atomic mass is 32.2. The number of sulfone groups is 1. The Kier molecular flexibility index (Phi) is 4.20. The molecule has 5 nitrogen and oxygen atoms in total. The van der Waals surface area contributed by atoms with E-state index in [9.17, 15) is 8.42 Å². The lowest BCUT2D eigenvalue weighted by molar-refractivity contribution is 0.600. The lowest BCUT2D eigenvalue weighted by Crippen LogP contribution is -2.17. The van der Waals surface area contributed by atoms with Gasteiger partial charge in [-0.25, -0.2) is 18.4 Å². The van der Waals surface area contributed by atoms with Crippen molar-refractivity contribution >= 4 is 9.84 Å². The fourth-order valence-electron chi connectivity index (χ4n) is 2.45. The predicted molar refractivity (Wildman–Crippen MR) is 74.9 cm³/mol. The van der Waals surface area contributed by atoms with Gasteiger partial charge in [0.15, 0.2) is 9.84 Å². The number of nitrogens with zero attached hydrogens (tertiary/aromatic N) is 2. The average molecular weight is 283 g/mol. The summed E-state index contributed by atoms with van der Waals surface area (Å²) in [6.45, 7) is 7.66. The molecule has 0 radical (unpaired) electrons. The normalized spacial score (nSPS) is 21.7. The van der Waals surface area contributed by atoms with Gasteiger partial charge in [0.1, 0.15) is 5.82 Å². The quantitative estimate of drug-likeness (QED) is 0.896. The maximum absolute atomic E-state index is 11.5. The van der Waals surface area contributed by atoms with Crippen LogP contribution in [0.25, 0.3) is 0 Å². The van der Waals surface area contributed by atoms with E-state index in [1.807, 2.05) is 13.8 Å². The van der Waals surface area contributed by atoms with E-state index in [0.717, 1.165) is 30.0 Å². The molecule has 1 atom stereocenters. The van der Waals surface area contributed by atoms with Gasteiger partial charge in [-0.3, -0.25) is 0 Å². The summed E-state index contributed by atoms with van der Waals surface area (Å²) in [5.74, 6) is 1.11. The van der Waals surface area contributed by atoms with Gasteiger partial charge in [-0.15, -0.1) is 0 Å². The van der Waals surface area contributed by atoms with Crippen molar-refractivity contribution in [1.82, 2.24) is 15.3 Å². The molecule has 1 aromatic heterocycles. The van der Waals surface area contributed by atoms with E-state index < -0.39 is 9.84 Å². The molecule has 0 bridgehead atoms. The first kappa shape index (κ1) is 14.4. The summed E-state index contributed by atoms with van der Waals surface area (Å²) in [6, 6.07) is 0. The van der Waals surface area contributed by atoms with Crippen LogP contribution in [0.2, 0.25) is 0 Å². The molecule has 0 aromatic carbocycles.